The first-order valence-electron chi connectivity index (χ1n) is 2.68. The Hall–Kier alpha value is -1.11. The molecule has 48 valence electrons. The molecule has 0 unspecified atom stereocenters. The van der Waals surface area contributed by atoms with Crippen LogP contribution in [0.25, 0.3) is 0 Å². The van der Waals surface area contributed by atoms with Crippen LogP contribution in [-0.2, 0) is 0 Å². The SMILES string of the molecule is C=C/C(C)=C(/C=C)N=C. The van der Waals surface area contributed by atoms with Gasteiger partial charge in [-0.3, -0.25) is 4.99 Å². The summed E-state index contributed by atoms with van der Waals surface area (Å²) in [6.45, 7) is 12.4. The molecule has 0 fully saturated rings. The van der Waals surface area contributed by atoms with Gasteiger partial charge in [0, 0.05) is 0 Å². The first-order valence-corrected chi connectivity index (χ1v) is 2.68. The van der Waals surface area contributed by atoms with Gasteiger partial charge in [0.25, 0.3) is 0 Å². The number of hydrogen-bond acceptors (Lipinski definition) is 1. The van der Waals surface area contributed by atoms with Crippen LogP contribution in [0, 0.1) is 0 Å². The zero-order chi connectivity index (χ0) is 7.28. The third-order valence-electron chi connectivity index (χ3n) is 1.07. The fourth-order valence-corrected chi connectivity index (χ4v) is 0.455. The highest BCUT2D eigenvalue weighted by atomic mass is 14.7. The lowest BCUT2D eigenvalue weighted by Crippen LogP contribution is -1.74. The van der Waals surface area contributed by atoms with Crippen molar-refractivity contribution in [3.63, 3.8) is 0 Å². The van der Waals surface area contributed by atoms with Gasteiger partial charge in [-0.15, -0.1) is 0 Å². The van der Waals surface area contributed by atoms with E-state index in [1.54, 1.807) is 12.2 Å². The molecule has 0 heterocycles. The van der Waals surface area contributed by atoms with Crippen molar-refractivity contribution in [2.75, 3.05) is 0 Å². The largest absolute Gasteiger partial charge is 0.264 e. The monoisotopic (exact) mass is 121 g/mol. The Morgan fingerprint density at radius 2 is 1.89 bits per heavy atom. The molecule has 0 aliphatic heterocycles. The minimum atomic E-state index is 0.796. The summed E-state index contributed by atoms with van der Waals surface area (Å²) in [5.41, 5.74) is 1.80. The summed E-state index contributed by atoms with van der Waals surface area (Å²) in [5.74, 6) is 0. The van der Waals surface area contributed by atoms with Crippen molar-refractivity contribution in [3.05, 3.63) is 36.6 Å². The molecule has 0 saturated carbocycles. The molecule has 0 atom stereocenters. The van der Waals surface area contributed by atoms with Crippen LogP contribution >= 0.6 is 0 Å². The van der Waals surface area contributed by atoms with E-state index in [0.717, 1.165) is 11.3 Å². The van der Waals surface area contributed by atoms with Gasteiger partial charge in [0.05, 0.1) is 5.70 Å². The smallest absolute Gasteiger partial charge is 0.0645 e. The Morgan fingerprint density at radius 1 is 1.33 bits per heavy atom. The molecule has 0 amide bonds. The van der Waals surface area contributed by atoms with Gasteiger partial charge in [-0.05, 0) is 25.3 Å². The van der Waals surface area contributed by atoms with Gasteiger partial charge in [-0.2, -0.15) is 0 Å². The second kappa shape index (κ2) is 3.84. The minimum Gasteiger partial charge on any atom is -0.264 e. The lowest BCUT2D eigenvalue weighted by molar-refractivity contribution is 1.34. The maximum absolute atomic E-state index is 3.72. The Kier molecular flexibility index (Phi) is 3.37. The molecule has 1 heteroatoms. The highest BCUT2D eigenvalue weighted by molar-refractivity contribution is 5.37. The zero-order valence-corrected chi connectivity index (χ0v) is 5.72. The predicted molar refractivity (Wildman–Crippen MR) is 42.6 cm³/mol. The molecule has 0 saturated heterocycles. The standard InChI is InChI=1S/C8H11N/c1-5-7(3)8(6-2)9-4/h5-6H,1-2,4H2,3H3/b8-7-. The molecular weight excluding hydrogens is 110 g/mol. The van der Waals surface area contributed by atoms with Gasteiger partial charge in [-0.1, -0.05) is 19.2 Å². The van der Waals surface area contributed by atoms with Crippen LogP contribution in [0.3, 0.4) is 0 Å². The number of allylic oxidation sites excluding steroid dienone is 3. The van der Waals surface area contributed by atoms with Crippen LogP contribution in [0.1, 0.15) is 6.92 Å². The topological polar surface area (TPSA) is 12.4 Å². The summed E-state index contributed by atoms with van der Waals surface area (Å²) in [6, 6.07) is 0. The van der Waals surface area contributed by atoms with E-state index < -0.39 is 0 Å². The highest BCUT2D eigenvalue weighted by Crippen LogP contribution is 2.05. The highest BCUT2D eigenvalue weighted by Gasteiger charge is 1.87. The average molecular weight is 121 g/mol. The van der Waals surface area contributed by atoms with Crippen molar-refractivity contribution < 1.29 is 0 Å². The fraction of sp³-hybridized carbons (Fsp3) is 0.125. The van der Waals surface area contributed by atoms with Crippen molar-refractivity contribution in [2.24, 2.45) is 4.99 Å². The molecule has 0 aliphatic carbocycles. The Bertz CT molecular complexity index is 153. The normalized spacial score (nSPS) is 11.7. The van der Waals surface area contributed by atoms with E-state index in [1.165, 1.54) is 0 Å². The van der Waals surface area contributed by atoms with Gasteiger partial charge in [0.1, 0.15) is 0 Å². The van der Waals surface area contributed by atoms with Gasteiger partial charge in [-0.25, -0.2) is 0 Å². The first-order chi connectivity index (χ1) is 4.26. The lowest BCUT2D eigenvalue weighted by atomic mass is 10.2. The van der Waals surface area contributed by atoms with Crippen molar-refractivity contribution in [3.8, 4) is 0 Å². The van der Waals surface area contributed by atoms with E-state index >= 15 is 0 Å². The summed E-state index contributed by atoms with van der Waals surface area (Å²) in [4.78, 5) is 3.72. The first kappa shape index (κ1) is 7.89. The van der Waals surface area contributed by atoms with Crippen LogP contribution in [0.4, 0.5) is 0 Å². The van der Waals surface area contributed by atoms with Gasteiger partial charge < -0.3 is 0 Å². The molecule has 0 aliphatic rings. The molecule has 0 N–H and O–H groups in total. The average Bonchev–Trinajstić information content (AvgIpc) is 1.90. The molecule has 0 aromatic carbocycles. The van der Waals surface area contributed by atoms with E-state index in [2.05, 4.69) is 24.9 Å². The molecule has 0 bridgehead atoms. The van der Waals surface area contributed by atoms with E-state index in [1.807, 2.05) is 6.92 Å². The Labute approximate surface area is 56.1 Å². The van der Waals surface area contributed by atoms with Crippen molar-refractivity contribution >= 4 is 6.72 Å². The summed E-state index contributed by atoms with van der Waals surface area (Å²) < 4.78 is 0. The van der Waals surface area contributed by atoms with Crippen molar-refractivity contribution in [1.82, 2.24) is 0 Å². The van der Waals surface area contributed by atoms with E-state index in [9.17, 15) is 0 Å². The number of hydrogen-bond donors (Lipinski definition) is 0. The summed E-state index contributed by atoms with van der Waals surface area (Å²) in [6.07, 6.45) is 3.38. The Balaban J connectivity index is 4.56. The van der Waals surface area contributed by atoms with Crippen LogP contribution < -0.4 is 0 Å². The molecular formula is C8H11N. The van der Waals surface area contributed by atoms with Crippen LogP contribution in [0.2, 0.25) is 0 Å². The summed E-state index contributed by atoms with van der Waals surface area (Å²) >= 11 is 0. The molecule has 9 heavy (non-hydrogen) atoms. The van der Waals surface area contributed by atoms with Gasteiger partial charge in [0.15, 0.2) is 0 Å². The zero-order valence-electron chi connectivity index (χ0n) is 5.72. The molecule has 0 radical (unpaired) electrons. The van der Waals surface area contributed by atoms with E-state index in [0.29, 0.717) is 0 Å². The summed E-state index contributed by atoms with van der Waals surface area (Å²) in [7, 11) is 0. The van der Waals surface area contributed by atoms with Crippen LogP contribution in [0.5, 0.6) is 0 Å². The number of nitrogens with zero attached hydrogens (tertiary/aromatic N) is 1. The number of rotatable bonds is 3. The van der Waals surface area contributed by atoms with E-state index in [4.69, 9.17) is 0 Å². The number of aliphatic imine (C=N–C) groups is 1. The fourth-order valence-electron chi connectivity index (χ4n) is 0.455. The van der Waals surface area contributed by atoms with Crippen LogP contribution in [0.15, 0.2) is 41.6 Å². The molecule has 0 rings (SSSR count). The van der Waals surface area contributed by atoms with E-state index in [-0.39, 0.29) is 0 Å². The lowest BCUT2D eigenvalue weighted by Gasteiger charge is -1.93. The third-order valence-corrected chi connectivity index (χ3v) is 1.07. The molecule has 0 spiro atoms. The second-order valence-electron chi connectivity index (χ2n) is 1.63. The van der Waals surface area contributed by atoms with Gasteiger partial charge >= 0.3 is 0 Å². The quantitative estimate of drug-likeness (QED) is 0.401. The second-order valence-corrected chi connectivity index (χ2v) is 1.63. The minimum absolute atomic E-state index is 0.796. The molecule has 0 aromatic heterocycles. The maximum Gasteiger partial charge on any atom is 0.0645 e. The third kappa shape index (κ3) is 2.08. The summed E-state index contributed by atoms with van der Waals surface area (Å²) in [5, 5.41) is 0. The van der Waals surface area contributed by atoms with Crippen molar-refractivity contribution in [1.29, 1.82) is 0 Å². The molecule has 0 aromatic rings. The maximum atomic E-state index is 3.72. The van der Waals surface area contributed by atoms with Crippen molar-refractivity contribution in [2.45, 2.75) is 6.92 Å². The van der Waals surface area contributed by atoms with Crippen LogP contribution in [-0.4, -0.2) is 6.72 Å². The van der Waals surface area contributed by atoms with Gasteiger partial charge in [0.2, 0.25) is 0 Å². The molecule has 1 nitrogen and oxygen atoms in total. The predicted octanol–water partition coefficient (Wildman–Crippen LogP) is 2.33. The Morgan fingerprint density at radius 3 is 2.00 bits per heavy atom.